The van der Waals surface area contributed by atoms with Crippen LogP contribution in [0.15, 0.2) is 67.5 Å². The number of carbonyl (C=O) groups excluding carboxylic acids is 1. The van der Waals surface area contributed by atoms with Gasteiger partial charge in [0.1, 0.15) is 0 Å². The lowest BCUT2D eigenvalue weighted by atomic mass is 9.90. The molecule has 2 aliphatic rings. The molecule has 3 N–H and O–H groups in total. The van der Waals surface area contributed by atoms with Gasteiger partial charge < -0.3 is 15.6 Å². The van der Waals surface area contributed by atoms with Crippen molar-refractivity contribution in [3.63, 3.8) is 0 Å². The Balaban J connectivity index is 1.14. The zero-order valence-corrected chi connectivity index (χ0v) is 21.3. The number of halogens is 1. The van der Waals surface area contributed by atoms with Gasteiger partial charge in [0.25, 0.3) is 0 Å². The smallest absolute Gasteiger partial charge is 0.247 e. The van der Waals surface area contributed by atoms with Gasteiger partial charge >= 0.3 is 0 Å². The minimum atomic E-state index is -0.187. The molecular formula is C29H29ClN6O. The molecule has 2 aromatic carbocycles. The lowest BCUT2D eigenvalue weighted by molar-refractivity contribution is -0.111. The van der Waals surface area contributed by atoms with Crippen molar-refractivity contribution < 1.29 is 4.79 Å². The van der Waals surface area contributed by atoms with Crippen molar-refractivity contribution >= 4 is 40.0 Å². The monoisotopic (exact) mass is 512 g/mol. The third kappa shape index (κ3) is 4.84. The summed E-state index contributed by atoms with van der Waals surface area (Å²) < 4.78 is 0. The number of anilines is 2. The van der Waals surface area contributed by atoms with Gasteiger partial charge in [0.05, 0.1) is 16.9 Å². The molecule has 0 spiro atoms. The van der Waals surface area contributed by atoms with Crippen LogP contribution >= 0.6 is 11.6 Å². The largest absolute Gasteiger partial charge is 0.360 e. The summed E-state index contributed by atoms with van der Waals surface area (Å²) in [7, 11) is 0. The van der Waals surface area contributed by atoms with Crippen LogP contribution in [0.5, 0.6) is 0 Å². The molecule has 0 radical (unpaired) electrons. The quantitative estimate of drug-likeness (QED) is 0.270. The first-order valence-electron chi connectivity index (χ1n) is 12.7. The van der Waals surface area contributed by atoms with Crippen LogP contribution in [0, 0.1) is 0 Å². The number of carbonyl (C=O) groups is 1. The molecule has 6 rings (SSSR count). The van der Waals surface area contributed by atoms with Crippen molar-refractivity contribution in [3.05, 3.63) is 83.7 Å². The van der Waals surface area contributed by atoms with E-state index in [1.54, 1.807) is 6.20 Å². The summed E-state index contributed by atoms with van der Waals surface area (Å²) in [4.78, 5) is 26.9. The van der Waals surface area contributed by atoms with Gasteiger partial charge in [-0.2, -0.15) is 0 Å². The van der Waals surface area contributed by atoms with E-state index in [-0.39, 0.29) is 5.91 Å². The molecule has 37 heavy (non-hydrogen) atoms. The fraction of sp³-hybridized carbons (Fsp3) is 0.276. The second-order valence-corrected chi connectivity index (χ2v) is 10.3. The molecule has 4 aromatic rings. The van der Waals surface area contributed by atoms with E-state index in [2.05, 4.69) is 50.3 Å². The number of para-hydroxylation sites is 1. The summed E-state index contributed by atoms with van der Waals surface area (Å²) >= 11 is 6.53. The molecule has 1 fully saturated rings. The topological polar surface area (TPSA) is 85.9 Å². The predicted octanol–water partition coefficient (Wildman–Crippen LogP) is 6.14. The van der Waals surface area contributed by atoms with Crippen LogP contribution < -0.4 is 10.6 Å². The van der Waals surface area contributed by atoms with Crippen molar-refractivity contribution in [2.75, 3.05) is 10.6 Å². The number of rotatable bonds is 6. The summed E-state index contributed by atoms with van der Waals surface area (Å²) in [5, 5.41) is 8.09. The van der Waals surface area contributed by atoms with Crippen LogP contribution in [-0.2, 0) is 17.9 Å². The van der Waals surface area contributed by atoms with Gasteiger partial charge in [0.2, 0.25) is 11.9 Å². The first-order valence-corrected chi connectivity index (χ1v) is 13.1. The average molecular weight is 513 g/mol. The normalized spacial score (nSPS) is 19.5. The molecule has 0 saturated heterocycles. The molecule has 1 aliphatic heterocycles. The number of nitrogens with one attached hydrogen (secondary N) is 3. The SMILES string of the molecule is C=CC(=O)Nc1ccc2c(c1)CN([C@H]1CCC[C@@H](Nc3ncc(Cl)c(-c4c[nH]c5ccccc45)n3)C1)C2. The lowest BCUT2D eigenvalue weighted by Gasteiger charge is -2.35. The zero-order valence-electron chi connectivity index (χ0n) is 20.5. The molecule has 3 heterocycles. The highest BCUT2D eigenvalue weighted by molar-refractivity contribution is 6.33. The molecule has 7 nitrogen and oxygen atoms in total. The number of aromatic amines is 1. The average Bonchev–Trinajstić information content (AvgIpc) is 3.54. The van der Waals surface area contributed by atoms with E-state index in [0.29, 0.717) is 23.1 Å². The van der Waals surface area contributed by atoms with E-state index < -0.39 is 0 Å². The van der Waals surface area contributed by atoms with Crippen LogP contribution in [-0.4, -0.2) is 37.8 Å². The molecule has 2 atom stereocenters. The minimum absolute atomic E-state index is 0.187. The Morgan fingerprint density at radius 3 is 2.92 bits per heavy atom. The van der Waals surface area contributed by atoms with E-state index in [4.69, 9.17) is 16.6 Å². The maximum absolute atomic E-state index is 11.7. The minimum Gasteiger partial charge on any atom is -0.360 e. The third-order valence-electron chi connectivity index (χ3n) is 7.49. The molecule has 1 saturated carbocycles. The number of H-pyrrole nitrogens is 1. The Morgan fingerprint density at radius 2 is 2.03 bits per heavy atom. The van der Waals surface area contributed by atoms with Gasteiger partial charge in [-0.05, 0) is 61.1 Å². The summed E-state index contributed by atoms with van der Waals surface area (Å²) in [5.74, 6) is 0.427. The molecule has 1 amide bonds. The Bertz CT molecular complexity index is 1480. The Kier molecular flexibility index (Phi) is 6.40. The van der Waals surface area contributed by atoms with E-state index in [0.717, 1.165) is 60.2 Å². The number of fused-ring (bicyclic) bond motifs is 2. The van der Waals surface area contributed by atoms with Gasteiger partial charge in [-0.15, -0.1) is 0 Å². The summed E-state index contributed by atoms with van der Waals surface area (Å²) in [6.07, 6.45) is 9.38. The highest BCUT2D eigenvalue weighted by Gasteiger charge is 2.31. The Hall–Kier alpha value is -3.68. The van der Waals surface area contributed by atoms with Gasteiger partial charge in [-0.1, -0.05) is 42.4 Å². The fourth-order valence-electron chi connectivity index (χ4n) is 5.65. The molecular weight excluding hydrogens is 484 g/mol. The van der Waals surface area contributed by atoms with Crippen molar-refractivity contribution in [2.24, 2.45) is 0 Å². The molecule has 8 heteroatoms. The Labute approximate surface area is 221 Å². The summed E-state index contributed by atoms with van der Waals surface area (Å²) in [5.41, 5.74) is 6.19. The van der Waals surface area contributed by atoms with Crippen LogP contribution in [0.2, 0.25) is 5.02 Å². The number of hydrogen-bond donors (Lipinski definition) is 3. The molecule has 188 valence electrons. The second-order valence-electron chi connectivity index (χ2n) is 9.88. The standard InChI is InChI=1S/C29H29ClN6O/c1-2-27(37)33-21-11-10-18-16-36(17-19(18)12-21)22-7-5-6-20(13-22)34-29-32-15-25(30)28(35-29)24-14-31-26-9-4-3-8-23(24)26/h2-4,8-12,14-15,20,22,31H,1,5-7,13,16-17H2,(H,33,37)(H,32,34,35)/t20-,22+/m1/s1. The highest BCUT2D eigenvalue weighted by Crippen LogP contribution is 2.35. The number of aromatic nitrogens is 3. The maximum atomic E-state index is 11.7. The summed E-state index contributed by atoms with van der Waals surface area (Å²) in [6.45, 7) is 5.36. The van der Waals surface area contributed by atoms with Crippen LogP contribution in [0.4, 0.5) is 11.6 Å². The van der Waals surface area contributed by atoms with Gasteiger partial charge in [0.15, 0.2) is 0 Å². The third-order valence-corrected chi connectivity index (χ3v) is 7.77. The zero-order chi connectivity index (χ0) is 25.4. The number of benzene rings is 2. The van der Waals surface area contributed by atoms with E-state index in [1.807, 2.05) is 30.5 Å². The van der Waals surface area contributed by atoms with Crippen molar-refractivity contribution in [2.45, 2.75) is 50.9 Å². The highest BCUT2D eigenvalue weighted by atomic mass is 35.5. The second kappa shape index (κ2) is 10.00. The van der Waals surface area contributed by atoms with E-state index in [9.17, 15) is 4.79 Å². The van der Waals surface area contributed by atoms with Crippen LogP contribution in [0.25, 0.3) is 22.2 Å². The number of hydrogen-bond acceptors (Lipinski definition) is 5. The molecule has 1 aliphatic carbocycles. The van der Waals surface area contributed by atoms with Crippen molar-refractivity contribution in [1.82, 2.24) is 19.9 Å². The van der Waals surface area contributed by atoms with Gasteiger partial charge in [-0.25, -0.2) is 9.97 Å². The number of nitrogens with zero attached hydrogens (tertiary/aromatic N) is 3. The Morgan fingerprint density at radius 1 is 1.16 bits per heavy atom. The first-order chi connectivity index (χ1) is 18.1. The van der Waals surface area contributed by atoms with E-state index in [1.165, 1.54) is 23.6 Å². The first kappa shape index (κ1) is 23.7. The van der Waals surface area contributed by atoms with Gasteiger partial charge in [-0.3, -0.25) is 9.69 Å². The van der Waals surface area contributed by atoms with Crippen molar-refractivity contribution in [3.8, 4) is 11.3 Å². The van der Waals surface area contributed by atoms with Crippen molar-refractivity contribution in [1.29, 1.82) is 0 Å². The lowest BCUT2D eigenvalue weighted by Crippen LogP contribution is -2.39. The van der Waals surface area contributed by atoms with E-state index >= 15 is 0 Å². The fourth-order valence-corrected chi connectivity index (χ4v) is 5.85. The van der Waals surface area contributed by atoms with Crippen LogP contribution in [0.1, 0.15) is 36.8 Å². The predicted molar refractivity (Wildman–Crippen MR) is 149 cm³/mol. The molecule has 0 bridgehead atoms. The maximum Gasteiger partial charge on any atom is 0.247 e. The van der Waals surface area contributed by atoms with Crippen LogP contribution in [0.3, 0.4) is 0 Å². The summed E-state index contributed by atoms with van der Waals surface area (Å²) in [6, 6.07) is 15.1. The number of amides is 1. The molecule has 0 unspecified atom stereocenters. The molecule has 2 aromatic heterocycles. The van der Waals surface area contributed by atoms with Gasteiger partial charge in [0, 0.05) is 53.5 Å².